The van der Waals surface area contributed by atoms with Crippen molar-refractivity contribution in [3.8, 4) is 0 Å². The standard InChI is InChI=1S/C28H24F6N2O4S2/c29-27(30,31)25-20(11-13-24(37)36-14-16-40-17-15-36)10-12-23(26(25)28(32,33)34)41-22-9-5-4-8-21(22)35-42(38,39)18-19-6-2-1-3-7-19/h1-13,35H,14-18H2. The highest BCUT2D eigenvalue weighted by Crippen LogP contribution is 2.49. The second kappa shape index (κ2) is 12.8. The number of ether oxygens (including phenoxy) is 1. The summed E-state index contributed by atoms with van der Waals surface area (Å²) >= 11 is 0.341. The van der Waals surface area contributed by atoms with Crippen molar-refractivity contribution in [1.29, 1.82) is 0 Å². The van der Waals surface area contributed by atoms with Crippen molar-refractivity contribution in [1.82, 2.24) is 4.90 Å². The van der Waals surface area contributed by atoms with Crippen LogP contribution in [0.25, 0.3) is 6.08 Å². The van der Waals surface area contributed by atoms with Crippen LogP contribution in [0.15, 0.2) is 82.6 Å². The Morgan fingerprint density at radius 1 is 0.857 bits per heavy atom. The number of hydrogen-bond acceptors (Lipinski definition) is 5. The molecule has 1 amide bonds. The van der Waals surface area contributed by atoms with Crippen LogP contribution in [0.5, 0.6) is 0 Å². The third-order valence-corrected chi connectivity index (χ3v) is 8.45. The van der Waals surface area contributed by atoms with E-state index in [-0.39, 0.29) is 36.9 Å². The van der Waals surface area contributed by atoms with Gasteiger partial charge >= 0.3 is 12.4 Å². The highest BCUT2D eigenvalue weighted by atomic mass is 32.2. The third-order valence-electron chi connectivity index (χ3n) is 6.07. The topological polar surface area (TPSA) is 75.7 Å². The van der Waals surface area contributed by atoms with E-state index in [0.29, 0.717) is 17.3 Å². The molecule has 1 heterocycles. The highest BCUT2D eigenvalue weighted by molar-refractivity contribution is 7.99. The van der Waals surface area contributed by atoms with Crippen LogP contribution in [0.3, 0.4) is 0 Å². The molecule has 42 heavy (non-hydrogen) atoms. The van der Waals surface area contributed by atoms with Crippen LogP contribution < -0.4 is 4.72 Å². The molecule has 0 unspecified atom stereocenters. The molecule has 0 aliphatic carbocycles. The molecule has 1 aliphatic heterocycles. The Morgan fingerprint density at radius 2 is 1.48 bits per heavy atom. The zero-order chi connectivity index (χ0) is 30.5. The Kier molecular flexibility index (Phi) is 9.58. The second-order valence-electron chi connectivity index (χ2n) is 9.11. The number of sulfonamides is 1. The van der Waals surface area contributed by atoms with E-state index in [2.05, 4.69) is 4.72 Å². The SMILES string of the molecule is O=C(C=Cc1ccc(Sc2ccccc2NS(=O)(=O)Cc2ccccc2)c(C(F)(F)F)c1C(F)(F)F)N1CCOCC1. The van der Waals surface area contributed by atoms with Gasteiger partial charge in [-0.2, -0.15) is 26.3 Å². The fourth-order valence-corrected chi connectivity index (χ4v) is 6.57. The maximum Gasteiger partial charge on any atom is 0.418 e. The summed E-state index contributed by atoms with van der Waals surface area (Å²) in [5, 5.41) is 0. The number of nitrogens with one attached hydrogen (secondary N) is 1. The predicted molar refractivity (Wildman–Crippen MR) is 146 cm³/mol. The van der Waals surface area contributed by atoms with Gasteiger partial charge in [0.2, 0.25) is 15.9 Å². The van der Waals surface area contributed by atoms with Gasteiger partial charge in [0, 0.05) is 29.0 Å². The number of amides is 1. The molecule has 0 bridgehead atoms. The summed E-state index contributed by atoms with van der Waals surface area (Å²) in [5.41, 5.74) is -4.37. The molecular weight excluding hydrogens is 606 g/mol. The van der Waals surface area contributed by atoms with Crippen molar-refractivity contribution in [2.75, 3.05) is 31.0 Å². The van der Waals surface area contributed by atoms with E-state index < -0.39 is 55.6 Å². The van der Waals surface area contributed by atoms with Crippen LogP contribution in [0.4, 0.5) is 32.0 Å². The van der Waals surface area contributed by atoms with Gasteiger partial charge in [-0.05, 0) is 35.4 Å². The van der Waals surface area contributed by atoms with E-state index in [1.165, 1.54) is 29.2 Å². The first-order valence-electron chi connectivity index (χ1n) is 12.4. The normalized spacial score (nSPS) is 14.8. The molecule has 224 valence electrons. The molecule has 1 saturated heterocycles. The molecule has 1 aliphatic rings. The molecule has 4 rings (SSSR count). The Labute approximate surface area is 242 Å². The summed E-state index contributed by atoms with van der Waals surface area (Å²) in [6.45, 7) is 0.878. The molecular formula is C28H24F6N2O4S2. The number of hydrogen-bond donors (Lipinski definition) is 1. The first kappa shape index (κ1) is 31.4. The van der Waals surface area contributed by atoms with Gasteiger partial charge in [-0.15, -0.1) is 0 Å². The molecule has 1 N–H and O–H groups in total. The van der Waals surface area contributed by atoms with Gasteiger partial charge in [0.05, 0.1) is 35.8 Å². The van der Waals surface area contributed by atoms with E-state index in [1.807, 2.05) is 0 Å². The molecule has 0 aromatic heterocycles. The number of nitrogens with zero attached hydrogens (tertiary/aromatic N) is 1. The monoisotopic (exact) mass is 630 g/mol. The molecule has 0 radical (unpaired) electrons. The lowest BCUT2D eigenvalue weighted by Gasteiger charge is -2.25. The minimum Gasteiger partial charge on any atom is -0.378 e. The molecule has 3 aromatic carbocycles. The van der Waals surface area contributed by atoms with E-state index in [4.69, 9.17) is 4.74 Å². The van der Waals surface area contributed by atoms with Gasteiger partial charge in [0.25, 0.3) is 0 Å². The van der Waals surface area contributed by atoms with Crippen LogP contribution in [-0.2, 0) is 37.7 Å². The quantitative estimate of drug-likeness (QED) is 0.222. The second-order valence-corrected chi connectivity index (χ2v) is 11.9. The average Bonchev–Trinajstić information content (AvgIpc) is 2.92. The van der Waals surface area contributed by atoms with E-state index in [0.717, 1.165) is 24.3 Å². The zero-order valence-corrected chi connectivity index (χ0v) is 23.3. The minimum atomic E-state index is -5.44. The zero-order valence-electron chi connectivity index (χ0n) is 21.7. The van der Waals surface area contributed by atoms with E-state index in [1.54, 1.807) is 30.3 Å². The van der Waals surface area contributed by atoms with Crippen molar-refractivity contribution in [2.45, 2.75) is 27.9 Å². The molecule has 0 atom stereocenters. The molecule has 6 nitrogen and oxygen atoms in total. The van der Waals surface area contributed by atoms with Crippen LogP contribution in [-0.4, -0.2) is 45.5 Å². The van der Waals surface area contributed by atoms with Gasteiger partial charge in [-0.1, -0.05) is 60.3 Å². The Morgan fingerprint density at radius 3 is 2.12 bits per heavy atom. The summed E-state index contributed by atoms with van der Waals surface area (Å²) < 4.78 is 118. The van der Waals surface area contributed by atoms with Gasteiger partial charge in [-0.3, -0.25) is 9.52 Å². The summed E-state index contributed by atoms with van der Waals surface area (Å²) in [5.74, 6) is -1.08. The first-order chi connectivity index (χ1) is 19.7. The summed E-state index contributed by atoms with van der Waals surface area (Å²) in [7, 11) is -4.02. The van der Waals surface area contributed by atoms with Crippen molar-refractivity contribution >= 4 is 39.5 Å². The number of carbonyl (C=O) groups excluding carboxylic acids is 1. The molecule has 14 heteroatoms. The number of carbonyl (C=O) groups is 1. The third kappa shape index (κ3) is 8.07. The molecule has 1 fully saturated rings. The van der Waals surface area contributed by atoms with Crippen LogP contribution >= 0.6 is 11.8 Å². The molecule has 3 aromatic rings. The van der Waals surface area contributed by atoms with Gasteiger partial charge in [0.15, 0.2) is 0 Å². The molecule has 0 spiro atoms. The Balaban J connectivity index is 1.71. The van der Waals surface area contributed by atoms with Gasteiger partial charge in [0.1, 0.15) is 0 Å². The number of alkyl halides is 6. The number of rotatable bonds is 8. The van der Waals surface area contributed by atoms with Crippen LogP contribution in [0, 0.1) is 0 Å². The number of morpholine rings is 1. The van der Waals surface area contributed by atoms with E-state index >= 15 is 0 Å². The van der Waals surface area contributed by atoms with Gasteiger partial charge in [-0.25, -0.2) is 8.42 Å². The van der Waals surface area contributed by atoms with Crippen molar-refractivity contribution in [2.24, 2.45) is 0 Å². The fourth-order valence-electron chi connectivity index (χ4n) is 4.22. The Hall–Kier alpha value is -3.49. The predicted octanol–water partition coefficient (Wildman–Crippen LogP) is 6.69. The lowest BCUT2D eigenvalue weighted by atomic mass is 9.99. The maximum atomic E-state index is 14.3. The summed E-state index contributed by atoms with van der Waals surface area (Å²) in [6.07, 6.45) is -9.34. The smallest absolute Gasteiger partial charge is 0.378 e. The lowest BCUT2D eigenvalue weighted by molar-refractivity contribution is -0.163. The van der Waals surface area contributed by atoms with Crippen LogP contribution in [0.2, 0.25) is 0 Å². The lowest BCUT2D eigenvalue weighted by Crippen LogP contribution is -2.39. The highest BCUT2D eigenvalue weighted by Gasteiger charge is 2.46. The number of benzene rings is 3. The largest absolute Gasteiger partial charge is 0.418 e. The fraction of sp³-hybridized carbons (Fsp3) is 0.250. The first-order valence-corrected chi connectivity index (χ1v) is 14.9. The van der Waals surface area contributed by atoms with Crippen molar-refractivity contribution in [3.05, 3.63) is 95.1 Å². The maximum absolute atomic E-state index is 14.3. The van der Waals surface area contributed by atoms with Crippen molar-refractivity contribution in [3.63, 3.8) is 0 Å². The number of anilines is 1. The van der Waals surface area contributed by atoms with Gasteiger partial charge < -0.3 is 9.64 Å². The molecule has 0 saturated carbocycles. The minimum absolute atomic E-state index is 0.0430. The number of para-hydroxylation sites is 1. The van der Waals surface area contributed by atoms with E-state index in [9.17, 15) is 39.6 Å². The average molecular weight is 631 g/mol. The Bertz CT molecular complexity index is 1550. The summed E-state index contributed by atoms with van der Waals surface area (Å²) in [4.78, 5) is 12.9. The van der Waals surface area contributed by atoms with Crippen molar-refractivity contribution < 1.29 is 44.3 Å². The van der Waals surface area contributed by atoms with Crippen LogP contribution in [0.1, 0.15) is 22.3 Å². The number of halogens is 6. The summed E-state index contributed by atoms with van der Waals surface area (Å²) in [6, 6.07) is 15.3.